The number of nitrogens with zero attached hydrogens (tertiary/aromatic N) is 2. The van der Waals surface area contributed by atoms with Crippen molar-refractivity contribution in [2.45, 2.75) is 6.42 Å². The van der Waals surface area contributed by atoms with Crippen molar-refractivity contribution in [2.24, 2.45) is 7.05 Å². The van der Waals surface area contributed by atoms with Crippen molar-refractivity contribution in [3.63, 3.8) is 0 Å². The minimum absolute atomic E-state index is 0.195. The summed E-state index contributed by atoms with van der Waals surface area (Å²) in [6.45, 7) is 0.522. The summed E-state index contributed by atoms with van der Waals surface area (Å²) >= 11 is 0. The van der Waals surface area contributed by atoms with Crippen LogP contribution in [0.5, 0.6) is 0 Å². The highest BCUT2D eigenvalue weighted by molar-refractivity contribution is 5.94. The maximum absolute atomic E-state index is 12.8. The highest BCUT2D eigenvalue weighted by atomic mass is 19.1. The average Bonchev–Trinajstić information content (AvgIpc) is 2.89. The Hall–Kier alpha value is -2.69. The van der Waals surface area contributed by atoms with Crippen LogP contribution in [0.3, 0.4) is 0 Å². The van der Waals surface area contributed by atoms with Gasteiger partial charge in [-0.1, -0.05) is 6.07 Å². The molecule has 112 valence electrons. The number of carbonyl (C=O) groups is 1. The van der Waals surface area contributed by atoms with Gasteiger partial charge in [0, 0.05) is 19.2 Å². The maximum Gasteiger partial charge on any atom is 0.251 e. The first-order chi connectivity index (χ1) is 10.6. The lowest BCUT2D eigenvalue weighted by molar-refractivity contribution is 0.0954. The number of halogens is 1. The van der Waals surface area contributed by atoms with Crippen LogP contribution in [-0.2, 0) is 13.5 Å². The zero-order chi connectivity index (χ0) is 15.5. The predicted molar refractivity (Wildman–Crippen MR) is 83.2 cm³/mol. The van der Waals surface area contributed by atoms with Crippen LogP contribution >= 0.6 is 0 Å². The molecular weight excluding hydrogens is 281 g/mol. The number of benzene rings is 2. The van der Waals surface area contributed by atoms with Gasteiger partial charge in [0.1, 0.15) is 5.82 Å². The van der Waals surface area contributed by atoms with Gasteiger partial charge in [0.25, 0.3) is 5.91 Å². The van der Waals surface area contributed by atoms with E-state index in [0.717, 1.165) is 23.0 Å². The lowest BCUT2D eigenvalue weighted by atomic mass is 10.1. The summed E-state index contributed by atoms with van der Waals surface area (Å²) in [6, 6.07) is 11.6. The number of carbonyl (C=O) groups excluding carboxylic acids is 1. The molecule has 1 heterocycles. The Morgan fingerprint density at radius 2 is 2.00 bits per heavy atom. The van der Waals surface area contributed by atoms with Gasteiger partial charge in [0.05, 0.1) is 17.4 Å². The third kappa shape index (κ3) is 2.98. The molecule has 0 aliphatic heterocycles. The third-order valence-electron chi connectivity index (χ3n) is 3.60. The molecule has 1 N–H and O–H groups in total. The molecule has 0 aliphatic carbocycles. The van der Waals surface area contributed by atoms with E-state index in [4.69, 9.17) is 0 Å². The Bertz CT molecular complexity index is 808. The molecule has 0 spiro atoms. The molecular formula is C17H16FN3O. The van der Waals surface area contributed by atoms with Crippen molar-refractivity contribution in [1.82, 2.24) is 14.9 Å². The molecule has 4 nitrogen and oxygen atoms in total. The minimum Gasteiger partial charge on any atom is -0.352 e. The first-order valence-electron chi connectivity index (χ1n) is 7.07. The second kappa shape index (κ2) is 5.97. The van der Waals surface area contributed by atoms with E-state index in [2.05, 4.69) is 10.3 Å². The molecule has 0 atom stereocenters. The zero-order valence-corrected chi connectivity index (χ0v) is 12.2. The van der Waals surface area contributed by atoms with Crippen LogP contribution in [-0.4, -0.2) is 22.0 Å². The topological polar surface area (TPSA) is 46.9 Å². The van der Waals surface area contributed by atoms with Gasteiger partial charge in [-0.05, 0) is 48.4 Å². The van der Waals surface area contributed by atoms with Crippen molar-refractivity contribution in [3.8, 4) is 0 Å². The lowest BCUT2D eigenvalue weighted by Crippen LogP contribution is -2.25. The largest absolute Gasteiger partial charge is 0.352 e. The fourth-order valence-corrected chi connectivity index (χ4v) is 2.36. The summed E-state index contributed by atoms with van der Waals surface area (Å²) in [5.41, 5.74) is 3.61. The molecule has 1 amide bonds. The van der Waals surface area contributed by atoms with Crippen molar-refractivity contribution in [2.75, 3.05) is 6.54 Å². The summed E-state index contributed by atoms with van der Waals surface area (Å²) < 4.78 is 14.8. The fraction of sp³-hybridized carbons (Fsp3) is 0.176. The number of hydrogen-bond acceptors (Lipinski definition) is 2. The van der Waals surface area contributed by atoms with E-state index in [1.54, 1.807) is 6.33 Å². The van der Waals surface area contributed by atoms with E-state index in [1.165, 1.54) is 24.3 Å². The Morgan fingerprint density at radius 1 is 1.23 bits per heavy atom. The molecule has 0 unspecified atom stereocenters. The molecule has 0 bridgehead atoms. The van der Waals surface area contributed by atoms with E-state index < -0.39 is 0 Å². The van der Waals surface area contributed by atoms with Crippen molar-refractivity contribution in [1.29, 1.82) is 0 Å². The van der Waals surface area contributed by atoms with Gasteiger partial charge in [-0.3, -0.25) is 4.79 Å². The van der Waals surface area contributed by atoms with Crippen LogP contribution in [0.1, 0.15) is 15.9 Å². The van der Waals surface area contributed by atoms with Gasteiger partial charge in [-0.2, -0.15) is 0 Å². The average molecular weight is 297 g/mol. The van der Waals surface area contributed by atoms with Gasteiger partial charge in [0.15, 0.2) is 0 Å². The fourth-order valence-electron chi connectivity index (χ4n) is 2.36. The smallest absolute Gasteiger partial charge is 0.251 e. The molecule has 0 fully saturated rings. The number of amides is 1. The van der Waals surface area contributed by atoms with Crippen LogP contribution in [0.25, 0.3) is 11.0 Å². The number of hydrogen-bond donors (Lipinski definition) is 1. The summed E-state index contributed by atoms with van der Waals surface area (Å²) in [7, 11) is 1.96. The van der Waals surface area contributed by atoms with E-state index in [9.17, 15) is 9.18 Å². The van der Waals surface area contributed by atoms with Crippen molar-refractivity contribution >= 4 is 16.9 Å². The van der Waals surface area contributed by atoms with Crippen LogP contribution in [0.2, 0.25) is 0 Å². The highest BCUT2D eigenvalue weighted by Gasteiger charge is 2.05. The quantitative estimate of drug-likeness (QED) is 0.805. The molecule has 5 heteroatoms. The maximum atomic E-state index is 12.8. The molecule has 3 rings (SSSR count). The van der Waals surface area contributed by atoms with E-state index in [-0.39, 0.29) is 11.7 Å². The number of fused-ring (bicyclic) bond motifs is 1. The van der Waals surface area contributed by atoms with E-state index >= 15 is 0 Å². The summed E-state index contributed by atoms with van der Waals surface area (Å²) in [4.78, 5) is 16.2. The first kappa shape index (κ1) is 14.3. The monoisotopic (exact) mass is 297 g/mol. The van der Waals surface area contributed by atoms with E-state index in [1.807, 2.05) is 29.8 Å². The second-order valence-electron chi connectivity index (χ2n) is 5.19. The van der Waals surface area contributed by atoms with Gasteiger partial charge in [0.2, 0.25) is 0 Å². The molecule has 3 aromatic rings. The van der Waals surface area contributed by atoms with Crippen molar-refractivity contribution < 1.29 is 9.18 Å². The zero-order valence-electron chi connectivity index (χ0n) is 12.2. The van der Waals surface area contributed by atoms with Gasteiger partial charge >= 0.3 is 0 Å². The van der Waals surface area contributed by atoms with Gasteiger partial charge < -0.3 is 9.88 Å². The number of aromatic nitrogens is 2. The SMILES string of the molecule is Cn1cnc2cc(CCNC(=O)c3ccc(F)cc3)ccc21. The van der Waals surface area contributed by atoms with E-state index in [0.29, 0.717) is 12.1 Å². The van der Waals surface area contributed by atoms with Crippen LogP contribution in [0.15, 0.2) is 48.8 Å². The number of imidazole rings is 1. The lowest BCUT2D eigenvalue weighted by Gasteiger charge is -2.06. The molecule has 0 saturated carbocycles. The molecule has 0 saturated heterocycles. The Labute approximate surface area is 127 Å². The summed E-state index contributed by atoms with van der Waals surface area (Å²) in [6.07, 6.45) is 2.50. The number of aryl methyl sites for hydroxylation is 1. The molecule has 1 aromatic heterocycles. The second-order valence-corrected chi connectivity index (χ2v) is 5.19. The Kier molecular flexibility index (Phi) is 3.87. The third-order valence-corrected chi connectivity index (χ3v) is 3.60. The molecule has 2 aromatic carbocycles. The minimum atomic E-state index is -0.347. The Morgan fingerprint density at radius 3 is 2.77 bits per heavy atom. The highest BCUT2D eigenvalue weighted by Crippen LogP contribution is 2.14. The van der Waals surface area contributed by atoms with Crippen LogP contribution in [0.4, 0.5) is 4.39 Å². The number of rotatable bonds is 4. The first-order valence-corrected chi connectivity index (χ1v) is 7.07. The summed E-state index contributed by atoms with van der Waals surface area (Å²) in [5.74, 6) is -0.542. The van der Waals surface area contributed by atoms with Crippen LogP contribution in [0, 0.1) is 5.82 Å². The molecule has 0 radical (unpaired) electrons. The predicted octanol–water partition coefficient (Wildman–Crippen LogP) is 2.68. The summed E-state index contributed by atoms with van der Waals surface area (Å²) in [5, 5.41) is 2.83. The number of nitrogens with one attached hydrogen (secondary N) is 1. The van der Waals surface area contributed by atoms with Gasteiger partial charge in [-0.15, -0.1) is 0 Å². The molecule has 0 aliphatic rings. The van der Waals surface area contributed by atoms with Crippen molar-refractivity contribution in [3.05, 3.63) is 65.7 Å². The van der Waals surface area contributed by atoms with Gasteiger partial charge in [-0.25, -0.2) is 9.37 Å². The molecule has 22 heavy (non-hydrogen) atoms. The van der Waals surface area contributed by atoms with Crippen LogP contribution < -0.4 is 5.32 Å². The normalized spacial score (nSPS) is 10.8. The standard InChI is InChI=1S/C17H16FN3O/c1-21-11-20-15-10-12(2-7-16(15)21)8-9-19-17(22)13-3-5-14(18)6-4-13/h2-7,10-11H,8-9H2,1H3,(H,19,22). The Balaban J connectivity index is 1.59.